The second-order valence-corrected chi connectivity index (χ2v) is 7.17. The minimum absolute atomic E-state index is 0.485. The standard InChI is InChI=1S/C16H29N5/c1-16(4-5-17-13-16)14-21-7-3-6-20(8-9-21)12-15-10-18-19(2)11-15/h10-11,17H,3-9,12-14H2,1-2H3. The molecule has 5 heteroatoms. The maximum Gasteiger partial charge on any atom is 0.0534 e. The lowest BCUT2D eigenvalue weighted by atomic mass is 9.89. The Kier molecular flexibility index (Phi) is 4.62. The summed E-state index contributed by atoms with van der Waals surface area (Å²) in [5.74, 6) is 0. The van der Waals surface area contributed by atoms with E-state index in [1.807, 2.05) is 17.9 Å². The van der Waals surface area contributed by atoms with Crippen molar-refractivity contribution in [3.8, 4) is 0 Å². The van der Waals surface area contributed by atoms with E-state index < -0.39 is 0 Å². The molecule has 2 aliphatic heterocycles. The first kappa shape index (κ1) is 15.0. The van der Waals surface area contributed by atoms with E-state index >= 15 is 0 Å². The van der Waals surface area contributed by atoms with E-state index in [0.717, 1.165) is 6.54 Å². The number of hydrogen-bond donors (Lipinski definition) is 1. The molecule has 0 aliphatic carbocycles. The molecule has 2 aliphatic rings. The number of hydrogen-bond acceptors (Lipinski definition) is 4. The van der Waals surface area contributed by atoms with Crippen molar-refractivity contribution in [1.82, 2.24) is 24.9 Å². The van der Waals surface area contributed by atoms with Crippen molar-refractivity contribution in [3.63, 3.8) is 0 Å². The van der Waals surface area contributed by atoms with E-state index in [2.05, 4.69) is 33.3 Å². The molecule has 1 N–H and O–H groups in total. The molecule has 0 saturated carbocycles. The fraction of sp³-hybridized carbons (Fsp3) is 0.812. The van der Waals surface area contributed by atoms with Gasteiger partial charge < -0.3 is 10.2 Å². The van der Waals surface area contributed by atoms with Gasteiger partial charge in [-0.1, -0.05) is 6.92 Å². The van der Waals surface area contributed by atoms with E-state index in [4.69, 9.17) is 0 Å². The Morgan fingerprint density at radius 1 is 1.24 bits per heavy atom. The Balaban J connectivity index is 1.49. The van der Waals surface area contributed by atoms with Crippen LogP contribution in [0.1, 0.15) is 25.3 Å². The number of rotatable bonds is 4. The molecule has 118 valence electrons. The molecule has 3 heterocycles. The van der Waals surface area contributed by atoms with Gasteiger partial charge in [-0.25, -0.2) is 0 Å². The summed E-state index contributed by atoms with van der Waals surface area (Å²) < 4.78 is 1.90. The van der Waals surface area contributed by atoms with Crippen LogP contribution in [0.5, 0.6) is 0 Å². The Morgan fingerprint density at radius 3 is 2.76 bits per heavy atom. The minimum Gasteiger partial charge on any atom is -0.316 e. The highest BCUT2D eigenvalue weighted by atomic mass is 15.3. The van der Waals surface area contributed by atoms with Gasteiger partial charge in [0.1, 0.15) is 0 Å². The summed E-state index contributed by atoms with van der Waals surface area (Å²) in [6.45, 7) is 11.9. The molecule has 0 spiro atoms. The van der Waals surface area contributed by atoms with Crippen molar-refractivity contribution in [2.24, 2.45) is 12.5 Å². The first-order valence-corrected chi connectivity index (χ1v) is 8.26. The van der Waals surface area contributed by atoms with E-state index in [-0.39, 0.29) is 0 Å². The van der Waals surface area contributed by atoms with Crippen LogP contribution in [0.3, 0.4) is 0 Å². The van der Waals surface area contributed by atoms with Gasteiger partial charge >= 0.3 is 0 Å². The summed E-state index contributed by atoms with van der Waals surface area (Å²) in [4.78, 5) is 5.25. The summed E-state index contributed by atoms with van der Waals surface area (Å²) >= 11 is 0. The number of aryl methyl sites for hydroxylation is 1. The van der Waals surface area contributed by atoms with Gasteiger partial charge in [-0.2, -0.15) is 5.10 Å². The quantitative estimate of drug-likeness (QED) is 0.895. The Bertz CT molecular complexity index is 449. The molecule has 1 unspecified atom stereocenters. The predicted octanol–water partition coefficient (Wildman–Crippen LogP) is 0.927. The Morgan fingerprint density at radius 2 is 2.05 bits per heavy atom. The largest absolute Gasteiger partial charge is 0.316 e. The molecular formula is C16H29N5. The molecular weight excluding hydrogens is 262 g/mol. The van der Waals surface area contributed by atoms with Crippen molar-refractivity contribution in [2.45, 2.75) is 26.3 Å². The smallest absolute Gasteiger partial charge is 0.0534 e. The van der Waals surface area contributed by atoms with Gasteiger partial charge in [0.15, 0.2) is 0 Å². The second-order valence-electron chi connectivity index (χ2n) is 7.17. The topological polar surface area (TPSA) is 36.3 Å². The number of nitrogens with zero attached hydrogens (tertiary/aromatic N) is 4. The number of nitrogens with one attached hydrogen (secondary N) is 1. The molecule has 2 fully saturated rings. The van der Waals surface area contributed by atoms with Crippen LogP contribution < -0.4 is 5.32 Å². The first-order chi connectivity index (χ1) is 10.1. The van der Waals surface area contributed by atoms with Crippen LogP contribution in [-0.4, -0.2) is 65.4 Å². The number of aromatic nitrogens is 2. The van der Waals surface area contributed by atoms with Gasteiger partial charge in [-0.3, -0.25) is 9.58 Å². The zero-order chi connectivity index (χ0) is 14.7. The fourth-order valence-corrected chi connectivity index (χ4v) is 3.70. The van der Waals surface area contributed by atoms with Crippen molar-refractivity contribution in [3.05, 3.63) is 18.0 Å². The summed E-state index contributed by atoms with van der Waals surface area (Å²) in [6.07, 6.45) is 6.73. The van der Waals surface area contributed by atoms with Gasteiger partial charge in [-0.05, 0) is 37.9 Å². The van der Waals surface area contributed by atoms with Crippen LogP contribution in [0.15, 0.2) is 12.4 Å². The van der Waals surface area contributed by atoms with E-state index in [9.17, 15) is 0 Å². The van der Waals surface area contributed by atoms with E-state index in [1.165, 1.54) is 64.2 Å². The summed E-state index contributed by atoms with van der Waals surface area (Å²) in [5, 5.41) is 7.79. The summed E-state index contributed by atoms with van der Waals surface area (Å²) in [5.41, 5.74) is 1.82. The summed E-state index contributed by atoms with van der Waals surface area (Å²) in [7, 11) is 1.99. The lowest BCUT2D eigenvalue weighted by Crippen LogP contribution is -2.39. The average Bonchev–Trinajstić information content (AvgIpc) is 2.98. The molecule has 2 saturated heterocycles. The van der Waals surface area contributed by atoms with Crippen LogP contribution in [0.2, 0.25) is 0 Å². The van der Waals surface area contributed by atoms with E-state index in [1.54, 1.807) is 0 Å². The van der Waals surface area contributed by atoms with Crippen LogP contribution in [-0.2, 0) is 13.6 Å². The second kappa shape index (κ2) is 6.46. The van der Waals surface area contributed by atoms with Gasteiger partial charge in [0.25, 0.3) is 0 Å². The van der Waals surface area contributed by atoms with Crippen LogP contribution in [0.25, 0.3) is 0 Å². The van der Waals surface area contributed by atoms with Crippen LogP contribution >= 0.6 is 0 Å². The van der Waals surface area contributed by atoms with Crippen molar-refractivity contribution in [1.29, 1.82) is 0 Å². The third-order valence-corrected chi connectivity index (χ3v) is 4.91. The molecule has 1 aromatic rings. The zero-order valence-corrected chi connectivity index (χ0v) is 13.5. The predicted molar refractivity (Wildman–Crippen MR) is 85.1 cm³/mol. The monoisotopic (exact) mass is 291 g/mol. The van der Waals surface area contributed by atoms with Crippen molar-refractivity contribution < 1.29 is 0 Å². The molecule has 0 amide bonds. The van der Waals surface area contributed by atoms with Gasteiger partial charge in [0.2, 0.25) is 0 Å². The third-order valence-electron chi connectivity index (χ3n) is 4.91. The highest BCUT2D eigenvalue weighted by Gasteiger charge is 2.31. The van der Waals surface area contributed by atoms with Crippen molar-refractivity contribution in [2.75, 3.05) is 45.8 Å². The molecule has 3 rings (SSSR count). The molecule has 1 aromatic heterocycles. The van der Waals surface area contributed by atoms with Gasteiger partial charge in [0.05, 0.1) is 6.20 Å². The molecule has 1 atom stereocenters. The summed E-state index contributed by atoms with van der Waals surface area (Å²) in [6, 6.07) is 0. The fourth-order valence-electron chi connectivity index (χ4n) is 3.70. The maximum atomic E-state index is 4.27. The van der Waals surface area contributed by atoms with Crippen molar-refractivity contribution >= 4 is 0 Å². The van der Waals surface area contributed by atoms with Crippen LogP contribution in [0.4, 0.5) is 0 Å². The molecule has 21 heavy (non-hydrogen) atoms. The van der Waals surface area contributed by atoms with E-state index in [0.29, 0.717) is 5.41 Å². The maximum absolute atomic E-state index is 4.27. The Labute approximate surface area is 128 Å². The van der Waals surface area contributed by atoms with Gasteiger partial charge in [-0.15, -0.1) is 0 Å². The lowest BCUT2D eigenvalue weighted by Gasteiger charge is -2.31. The zero-order valence-electron chi connectivity index (χ0n) is 13.5. The average molecular weight is 291 g/mol. The minimum atomic E-state index is 0.485. The lowest BCUT2D eigenvalue weighted by molar-refractivity contribution is 0.178. The molecule has 0 aromatic carbocycles. The van der Waals surface area contributed by atoms with Crippen LogP contribution in [0, 0.1) is 5.41 Å². The Hall–Kier alpha value is -0.910. The molecule has 0 bridgehead atoms. The molecule has 5 nitrogen and oxygen atoms in total. The normalized spacial score (nSPS) is 28.9. The highest BCUT2D eigenvalue weighted by Crippen LogP contribution is 2.26. The van der Waals surface area contributed by atoms with Gasteiger partial charge in [0, 0.05) is 51.5 Å². The first-order valence-electron chi connectivity index (χ1n) is 8.26. The third kappa shape index (κ3) is 4.05. The highest BCUT2D eigenvalue weighted by molar-refractivity contribution is 5.03. The molecule has 0 radical (unpaired) electrons. The SMILES string of the molecule is Cn1cc(CN2CCCN(CC3(C)CCNC3)CC2)cn1.